The Balaban J connectivity index is 0. The number of halogens is 1. The number of alkyl halides is 1. The first kappa shape index (κ1) is 13.2. The van der Waals surface area contributed by atoms with Crippen molar-refractivity contribution >= 4 is 27.7 Å². The van der Waals surface area contributed by atoms with Gasteiger partial charge in [0.1, 0.15) is 12.4 Å². The summed E-state index contributed by atoms with van der Waals surface area (Å²) in [6.07, 6.45) is 0. The predicted octanol–water partition coefficient (Wildman–Crippen LogP) is 1.54. The van der Waals surface area contributed by atoms with E-state index in [1.807, 2.05) is 0 Å². The zero-order valence-corrected chi connectivity index (χ0v) is 8.60. The van der Waals surface area contributed by atoms with Gasteiger partial charge in [-0.05, 0) is 13.8 Å². The third kappa shape index (κ3) is 42.6. The maximum Gasteiger partial charge on any atom is 0.302 e. The van der Waals surface area contributed by atoms with Crippen molar-refractivity contribution in [3.63, 3.8) is 0 Å². The molecule has 0 unspecified atom stereocenters. The molecule has 0 aromatic carbocycles. The normalized spacial score (nSPS) is 7.64. The monoisotopic (exact) mass is 224 g/mol. The van der Waals surface area contributed by atoms with Gasteiger partial charge in [0.25, 0.3) is 0 Å². The molecule has 11 heavy (non-hydrogen) atoms. The second-order valence-corrected chi connectivity index (χ2v) is 2.73. The molecule has 0 rings (SSSR count). The lowest BCUT2D eigenvalue weighted by Crippen LogP contribution is -2.00. The molecule has 0 saturated carbocycles. The number of carbonyl (C=O) groups excluding carboxylic acids is 2. The van der Waals surface area contributed by atoms with Crippen LogP contribution in [0, 0.1) is 0 Å². The van der Waals surface area contributed by atoms with E-state index in [0.29, 0.717) is 11.9 Å². The molecule has 0 fully saturated rings. The molecule has 0 aliphatic rings. The Kier molecular flexibility index (Phi) is 11.6. The van der Waals surface area contributed by atoms with Crippen LogP contribution in [0.15, 0.2) is 0 Å². The van der Waals surface area contributed by atoms with E-state index in [-0.39, 0.29) is 11.8 Å². The third-order valence-corrected chi connectivity index (χ3v) is 0.706. The summed E-state index contributed by atoms with van der Waals surface area (Å²) in [5.74, 6) is -0.0561. The van der Waals surface area contributed by atoms with Gasteiger partial charge < -0.3 is 9.53 Å². The van der Waals surface area contributed by atoms with Crippen LogP contribution in [0.4, 0.5) is 0 Å². The van der Waals surface area contributed by atoms with Gasteiger partial charge in [-0.25, -0.2) is 0 Å². The van der Waals surface area contributed by atoms with Crippen molar-refractivity contribution in [2.24, 2.45) is 0 Å². The van der Waals surface area contributed by atoms with Crippen LogP contribution in [0.5, 0.6) is 0 Å². The van der Waals surface area contributed by atoms with Gasteiger partial charge in [0.15, 0.2) is 0 Å². The number of ether oxygens (including phenoxy) is 1. The van der Waals surface area contributed by atoms with E-state index in [4.69, 9.17) is 0 Å². The first-order chi connectivity index (χ1) is 5.00. The van der Waals surface area contributed by atoms with Crippen molar-refractivity contribution in [1.29, 1.82) is 0 Å². The van der Waals surface area contributed by atoms with Gasteiger partial charge in [0, 0.05) is 12.3 Å². The molecule has 0 aromatic heterocycles. The van der Waals surface area contributed by atoms with E-state index in [2.05, 4.69) is 20.7 Å². The highest BCUT2D eigenvalue weighted by molar-refractivity contribution is 9.09. The Labute approximate surface area is 75.2 Å². The maximum atomic E-state index is 9.96. The SMILES string of the molecule is CC(=O)OCCBr.CC(C)=O. The van der Waals surface area contributed by atoms with Crippen LogP contribution in [-0.4, -0.2) is 23.7 Å². The number of carbonyl (C=O) groups is 2. The average molecular weight is 225 g/mol. The first-order valence-corrected chi connectivity index (χ1v) is 4.29. The van der Waals surface area contributed by atoms with Gasteiger partial charge in [0.2, 0.25) is 0 Å². The summed E-state index contributed by atoms with van der Waals surface area (Å²) in [5, 5.41) is 0.715. The molecule has 0 aromatic rings. The summed E-state index contributed by atoms with van der Waals surface area (Å²) in [6, 6.07) is 0. The van der Waals surface area contributed by atoms with E-state index in [1.54, 1.807) is 0 Å². The number of Topliss-reactive ketones (excluding diaryl/α,β-unsaturated/α-hetero) is 1. The Morgan fingerprint density at radius 1 is 1.27 bits per heavy atom. The molecule has 0 aliphatic carbocycles. The summed E-state index contributed by atoms with van der Waals surface area (Å²) >= 11 is 3.10. The summed E-state index contributed by atoms with van der Waals surface area (Å²) in [5.41, 5.74) is 0. The fourth-order valence-electron chi connectivity index (χ4n) is 0.182. The second-order valence-electron chi connectivity index (χ2n) is 1.94. The molecule has 0 heterocycles. The lowest BCUT2D eigenvalue weighted by atomic mass is 10.6. The molecule has 0 N–H and O–H groups in total. The quantitative estimate of drug-likeness (QED) is 0.528. The molecule has 4 heteroatoms. The summed E-state index contributed by atoms with van der Waals surface area (Å²) in [7, 11) is 0. The Hall–Kier alpha value is -0.380. The van der Waals surface area contributed by atoms with Gasteiger partial charge >= 0.3 is 5.97 Å². The molecular weight excluding hydrogens is 212 g/mol. The van der Waals surface area contributed by atoms with Gasteiger partial charge in [0.05, 0.1) is 0 Å². The number of esters is 1. The zero-order valence-electron chi connectivity index (χ0n) is 7.02. The van der Waals surface area contributed by atoms with Crippen LogP contribution in [0.2, 0.25) is 0 Å². The molecule has 0 radical (unpaired) electrons. The Bertz CT molecular complexity index is 119. The van der Waals surface area contributed by atoms with Crippen LogP contribution >= 0.6 is 15.9 Å². The van der Waals surface area contributed by atoms with Crippen LogP contribution < -0.4 is 0 Å². The smallest absolute Gasteiger partial charge is 0.302 e. The third-order valence-electron chi connectivity index (χ3n) is 0.382. The fourth-order valence-corrected chi connectivity index (χ4v) is 0.344. The van der Waals surface area contributed by atoms with Crippen molar-refractivity contribution < 1.29 is 14.3 Å². The molecular formula is C7H13BrO3. The molecule has 0 bridgehead atoms. The van der Waals surface area contributed by atoms with Gasteiger partial charge in [-0.1, -0.05) is 15.9 Å². The highest BCUT2D eigenvalue weighted by Crippen LogP contribution is 1.80. The minimum Gasteiger partial charge on any atom is -0.465 e. The largest absolute Gasteiger partial charge is 0.465 e. The van der Waals surface area contributed by atoms with E-state index in [0.717, 1.165) is 0 Å². The van der Waals surface area contributed by atoms with Crippen LogP contribution in [0.25, 0.3) is 0 Å². The number of rotatable bonds is 2. The molecule has 0 spiro atoms. The van der Waals surface area contributed by atoms with E-state index < -0.39 is 0 Å². The van der Waals surface area contributed by atoms with Gasteiger partial charge in [-0.2, -0.15) is 0 Å². The topological polar surface area (TPSA) is 43.4 Å². The van der Waals surface area contributed by atoms with Crippen molar-refractivity contribution in [2.45, 2.75) is 20.8 Å². The van der Waals surface area contributed by atoms with Crippen LogP contribution in [0.3, 0.4) is 0 Å². The lowest BCUT2D eigenvalue weighted by Gasteiger charge is -1.93. The van der Waals surface area contributed by atoms with E-state index in [1.165, 1.54) is 20.8 Å². The predicted molar refractivity (Wildman–Crippen MR) is 46.8 cm³/mol. The van der Waals surface area contributed by atoms with Crippen molar-refractivity contribution in [2.75, 3.05) is 11.9 Å². The number of hydrogen-bond acceptors (Lipinski definition) is 3. The molecule has 0 atom stereocenters. The summed E-state index contributed by atoms with van der Waals surface area (Å²) in [6.45, 7) is 4.91. The van der Waals surface area contributed by atoms with Crippen molar-refractivity contribution in [1.82, 2.24) is 0 Å². The highest BCUT2D eigenvalue weighted by atomic mass is 79.9. The molecule has 66 valence electrons. The first-order valence-electron chi connectivity index (χ1n) is 3.17. The standard InChI is InChI=1S/C4H7BrO2.C3H6O/c1-4(6)7-3-2-5;1-3(2)4/h2-3H2,1H3;1-2H3. The van der Waals surface area contributed by atoms with Crippen LogP contribution in [0.1, 0.15) is 20.8 Å². The van der Waals surface area contributed by atoms with Gasteiger partial charge in [-0.3, -0.25) is 4.79 Å². The van der Waals surface area contributed by atoms with E-state index >= 15 is 0 Å². The maximum absolute atomic E-state index is 9.96. The molecule has 0 amide bonds. The highest BCUT2D eigenvalue weighted by Gasteiger charge is 1.86. The Morgan fingerprint density at radius 2 is 1.64 bits per heavy atom. The molecule has 0 saturated heterocycles. The zero-order chi connectivity index (χ0) is 9.28. The average Bonchev–Trinajstić information content (AvgIpc) is 1.82. The minimum absolute atomic E-state index is 0.167. The lowest BCUT2D eigenvalue weighted by molar-refractivity contribution is -0.140. The van der Waals surface area contributed by atoms with Crippen LogP contribution in [-0.2, 0) is 14.3 Å². The Morgan fingerprint density at radius 3 is 1.73 bits per heavy atom. The fraction of sp³-hybridized carbons (Fsp3) is 0.714. The van der Waals surface area contributed by atoms with Crippen molar-refractivity contribution in [3.8, 4) is 0 Å². The molecule has 0 aliphatic heterocycles. The minimum atomic E-state index is -0.223. The van der Waals surface area contributed by atoms with Gasteiger partial charge in [-0.15, -0.1) is 0 Å². The van der Waals surface area contributed by atoms with Crippen molar-refractivity contribution in [3.05, 3.63) is 0 Å². The van der Waals surface area contributed by atoms with E-state index in [9.17, 15) is 9.59 Å². The summed E-state index contributed by atoms with van der Waals surface area (Å²) in [4.78, 5) is 19.4. The molecule has 3 nitrogen and oxygen atoms in total. The number of hydrogen-bond donors (Lipinski definition) is 0. The second kappa shape index (κ2) is 9.62. The number of ketones is 1. The summed E-state index contributed by atoms with van der Waals surface area (Å²) < 4.78 is 4.51.